The Morgan fingerprint density at radius 2 is 1.86 bits per heavy atom. The molecule has 1 aromatic carbocycles. The Kier molecular flexibility index (Phi) is 3.66. The lowest BCUT2D eigenvalue weighted by Crippen LogP contribution is -2.29. The minimum Gasteiger partial charge on any atom is -0.490 e. The largest absolute Gasteiger partial charge is 0.490 e. The Balaban J connectivity index is 1.62. The molecule has 1 heterocycles. The van der Waals surface area contributed by atoms with Gasteiger partial charge in [0, 0.05) is 13.1 Å². The van der Waals surface area contributed by atoms with E-state index in [1.807, 2.05) is 0 Å². The summed E-state index contributed by atoms with van der Waals surface area (Å²) in [5.74, 6) is 0.702. The van der Waals surface area contributed by atoms with Crippen LogP contribution in [0.15, 0.2) is 24.3 Å². The first-order valence-electron chi connectivity index (χ1n) is 7.14. The van der Waals surface area contributed by atoms with Crippen LogP contribution < -0.4 is 4.74 Å². The molecular formula is C15H16F3NO3. The number of hydrogen-bond donors (Lipinski definition) is 1. The molecule has 1 aliphatic heterocycles. The topological polar surface area (TPSA) is 49.8 Å². The number of carboxylic acid groups (broad SMARTS) is 1. The molecule has 0 radical (unpaired) electrons. The molecule has 1 saturated heterocycles. The van der Waals surface area contributed by atoms with Gasteiger partial charge in [-0.2, -0.15) is 13.2 Å². The molecule has 0 spiro atoms. The molecule has 120 valence electrons. The highest BCUT2D eigenvalue weighted by Crippen LogP contribution is 2.40. The maximum absolute atomic E-state index is 12.7. The molecule has 0 aromatic heterocycles. The molecule has 1 aliphatic carbocycles. The van der Waals surface area contributed by atoms with Crippen LogP contribution >= 0.6 is 0 Å². The van der Waals surface area contributed by atoms with E-state index in [2.05, 4.69) is 0 Å². The molecule has 3 atom stereocenters. The monoisotopic (exact) mass is 315 g/mol. The fourth-order valence-electron chi connectivity index (χ4n) is 3.43. The number of carbonyl (C=O) groups is 1. The number of halogens is 3. The average molecular weight is 315 g/mol. The van der Waals surface area contributed by atoms with Crippen LogP contribution in [0.1, 0.15) is 18.4 Å². The second-order valence-corrected chi connectivity index (χ2v) is 5.94. The molecule has 3 rings (SSSR count). The van der Waals surface area contributed by atoms with Crippen molar-refractivity contribution in [2.45, 2.75) is 25.1 Å². The first kappa shape index (κ1) is 15.0. The van der Waals surface area contributed by atoms with E-state index in [0.29, 0.717) is 25.9 Å². The Hall–Kier alpha value is -1.92. The van der Waals surface area contributed by atoms with E-state index in [4.69, 9.17) is 9.84 Å². The van der Waals surface area contributed by atoms with E-state index in [1.54, 1.807) is 0 Å². The summed E-state index contributed by atoms with van der Waals surface area (Å²) in [5.41, 5.74) is -0.722. The Bertz CT molecular complexity index is 561. The maximum atomic E-state index is 12.7. The Morgan fingerprint density at radius 3 is 2.41 bits per heavy atom. The quantitative estimate of drug-likeness (QED) is 0.909. The van der Waals surface area contributed by atoms with Gasteiger partial charge in [0.15, 0.2) is 0 Å². The van der Waals surface area contributed by atoms with Crippen molar-refractivity contribution in [1.82, 2.24) is 4.90 Å². The maximum Gasteiger partial charge on any atom is 0.416 e. The van der Waals surface area contributed by atoms with Gasteiger partial charge in [0.25, 0.3) is 0 Å². The number of nitrogens with zero attached hydrogens (tertiary/aromatic N) is 1. The molecule has 0 bridgehead atoms. The summed E-state index contributed by atoms with van der Waals surface area (Å²) >= 11 is 0. The first-order chi connectivity index (χ1) is 10.3. The van der Waals surface area contributed by atoms with Crippen LogP contribution in [0.2, 0.25) is 0 Å². The highest BCUT2D eigenvalue weighted by atomic mass is 19.4. The highest BCUT2D eigenvalue weighted by Gasteiger charge is 2.43. The van der Waals surface area contributed by atoms with E-state index in [9.17, 15) is 18.0 Å². The van der Waals surface area contributed by atoms with Crippen molar-refractivity contribution in [2.24, 2.45) is 11.8 Å². The van der Waals surface area contributed by atoms with Crippen molar-refractivity contribution < 1.29 is 27.8 Å². The van der Waals surface area contributed by atoms with Crippen LogP contribution in [0, 0.1) is 11.8 Å². The third kappa shape index (κ3) is 2.98. The van der Waals surface area contributed by atoms with Gasteiger partial charge in [0.05, 0.1) is 11.7 Å². The second kappa shape index (κ2) is 5.37. The normalized spacial score (nSPS) is 27.8. The van der Waals surface area contributed by atoms with E-state index >= 15 is 0 Å². The molecule has 1 aromatic rings. The summed E-state index contributed by atoms with van der Waals surface area (Å²) in [6.45, 7) is 0.977. The van der Waals surface area contributed by atoms with Crippen molar-refractivity contribution in [3.8, 4) is 5.75 Å². The standard InChI is InChI=1S/C15H16F3NO3/c16-15(17,18)11-2-1-3-12(6-11)22-13-4-9-7-19(14(20)21)8-10(9)5-13/h1-3,6,9-10,13H,4-5,7-8H2,(H,20,21)/t9-,10+,13?. The summed E-state index contributed by atoms with van der Waals surface area (Å²) in [6, 6.07) is 4.88. The Morgan fingerprint density at radius 1 is 1.23 bits per heavy atom. The third-order valence-electron chi connectivity index (χ3n) is 4.44. The van der Waals surface area contributed by atoms with Gasteiger partial charge < -0.3 is 14.7 Å². The van der Waals surface area contributed by atoms with Crippen molar-refractivity contribution in [3.63, 3.8) is 0 Å². The van der Waals surface area contributed by atoms with Crippen molar-refractivity contribution in [1.29, 1.82) is 0 Å². The summed E-state index contributed by atoms with van der Waals surface area (Å²) in [6.07, 6.45) is -4.07. The predicted octanol–water partition coefficient (Wildman–Crippen LogP) is 3.47. The van der Waals surface area contributed by atoms with Crippen molar-refractivity contribution in [2.75, 3.05) is 13.1 Å². The number of hydrogen-bond acceptors (Lipinski definition) is 2. The number of fused-ring (bicyclic) bond motifs is 1. The van der Waals surface area contributed by atoms with E-state index in [1.165, 1.54) is 17.0 Å². The molecule has 2 aliphatic rings. The molecule has 1 amide bonds. The first-order valence-corrected chi connectivity index (χ1v) is 7.14. The fraction of sp³-hybridized carbons (Fsp3) is 0.533. The van der Waals surface area contributed by atoms with Crippen molar-refractivity contribution >= 4 is 6.09 Å². The van der Waals surface area contributed by atoms with Crippen LogP contribution in [-0.4, -0.2) is 35.3 Å². The Labute approximate surface area is 125 Å². The smallest absolute Gasteiger partial charge is 0.416 e. The van der Waals surface area contributed by atoms with E-state index < -0.39 is 17.8 Å². The number of benzene rings is 1. The van der Waals surface area contributed by atoms with Gasteiger partial charge in [0.2, 0.25) is 0 Å². The predicted molar refractivity (Wildman–Crippen MR) is 71.7 cm³/mol. The number of amides is 1. The number of likely N-dealkylation sites (tertiary alicyclic amines) is 1. The van der Waals surface area contributed by atoms with Crippen LogP contribution in [0.25, 0.3) is 0 Å². The molecule has 1 saturated carbocycles. The molecule has 4 nitrogen and oxygen atoms in total. The lowest BCUT2D eigenvalue weighted by Gasteiger charge is -2.18. The summed E-state index contributed by atoms with van der Waals surface area (Å²) in [5, 5.41) is 8.96. The van der Waals surface area contributed by atoms with Gasteiger partial charge in [-0.05, 0) is 42.9 Å². The zero-order valence-electron chi connectivity index (χ0n) is 11.7. The number of ether oxygens (including phenoxy) is 1. The number of alkyl halides is 3. The molecule has 1 N–H and O–H groups in total. The molecule has 22 heavy (non-hydrogen) atoms. The summed E-state index contributed by atoms with van der Waals surface area (Å²) < 4.78 is 43.7. The molecule has 7 heteroatoms. The fourth-order valence-corrected chi connectivity index (χ4v) is 3.43. The van der Waals surface area contributed by atoms with E-state index in [0.717, 1.165) is 12.1 Å². The van der Waals surface area contributed by atoms with Gasteiger partial charge in [-0.3, -0.25) is 0 Å². The van der Waals surface area contributed by atoms with Crippen LogP contribution in [0.4, 0.5) is 18.0 Å². The zero-order valence-corrected chi connectivity index (χ0v) is 11.7. The van der Waals surface area contributed by atoms with Crippen LogP contribution in [0.5, 0.6) is 5.75 Å². The highest BCUT2D eigenvalue weighted by molar-refractivity contribution is 5.65. The molecule has 2 fully saturated rings. The van der Waals surface area contributed by atoms with Gasteiger partial charge in [-0.15, -0.1) is 0 Å². The van der Waals surface area contributed by atoms with Gasteiger partial charge in [0.1, 0.15) is 5.75 Å². The summed E-state index contributed by atoms with van der Waals surface area (Å²) in [7, 11) is 0. The zero-order chi connectivity index (χ0) is 15.9. The lowest BCUT2D eigenvalue weighted by molar-refractivity contribution is -0.137. The molecule has 1 unspecified atom stereocenters. The average Bonchev–Trinajstić information content (AvgIpc) is 2.96. The molecular weight excluding hydrogens is 299 g/mol. The van der Waals surface area contributed by atoms with Crippen molar-refractivity contribution in [3.05, 3.63) is 29.8 Å². The van der Waals surface area contributed by atoms with Gasteiger partial charge in [-0.1, -0.05) is 6.07 Å². The minimum atomic E-state index is -4.38. The number of rotatable bonds is 2. The third-order valence-corrected chi connectivity index (χ3v) is 4.44. The lowest BCUT2D eigenvalue weighted by atomic mass is 10.0. The van der Waals surface area contributed by atoms with Gasteiger partial charge in [-0.25, -0.2) is 4.79 Å². The SMILES string of the molecule is O=C(O)N1C[C@H]2CC(Oc3cccc(C(F)(F)F)c3)C[C@H]2C1. The second-order valence-electron chi connectivity index (χ2n) is 5.94. The van der Waals surface area contributed by atoms with Crippen LogP contribution in [0.3, 0.4) is 0 Å². The van der Waals surface area contributed by atoms with Gasteiger partial charge >= 0.3 is 12.3 Å². The summed E-state index contributed by atoms with van der Waals surface area (Å²) in [4.78, 5) is 12.3. The van der Waals surface area contributed by atoms with E-state index in [-0.39, 0.29) is 23.7 Å². The minimum absolute atomic E-state index is 0.144. The van der Waals surface area contributed by atoms with Crippen LogP contribution in [-0.2, 0) is 6.18 Å².